The lowest BCUT2D eigenvalue weighted by Crippen LogP contribution is -2.51. The molecule has 0 bridgehead atoms. The van der Waals surface area contributed by atoms with Gasteiger partial charge >= 0.3 is 6.09 Å². The number of benzene rings is 1. The number of alkyl carbamates (subject to hydrolysis) is 1. The highest BCUT2D eigenvalue weighted by Gasteiger charge is 2.38. The zero-order chi connectivity index (χ0) is 25.8. The van der Waals surface area contributed by atoms with E-state index in [9.17, 15) is 27.6 Å². The summed E-state index contributed by atoms with van der Waals surface area (Å²) in [5.41, 5.74) is -1.03. The molecule has 0 aromatic heterocycles. The number of morpholine rings is 1. The van der Waals surface area contributed by atoms with E-state index in [4.69, 9.17) is 9.47 Å². The van der Waals surface area contributed by atoms with Gasteiger partial charge in [-0.15, -0.1) is 11.8 Å². The van der Waals surface area contributed by atoms with Gasteiger partial charge in [-0.25, -0.2) is 18.0 Å². The molecule has 194 valence electrons. The highest BCUT2D eigenvalue weighted by Crippen LogP contribution is 2.27. The molecule has 0 spiro atoms. The lowest BCUT2D eigenvalue weighted by atomic mass is 10.0. The van der Waals surface area contributed by atoms with Gasteiger partial charge in [-0.2, -0.15) is 0 Å². The second-order valence-electron chi connectivity index (χ2n) is 9.36. The molecule has 8 nitrogen and oxygen atoms in total. The summed E-state index contributed by atoms with van der Waals surface area (Å²) < 4.78 is 51.9. The van der Waals surface area contributed by atoms with E-state index in [0.717, 1.165) is 0 Å². The maximum absolute atomic E-state index is 14.3. The average molecular weight is 518 g/mol. The van der Waals surface area contributed by atoms with Gasteiger partial charge in [0.05, 0.1) is 13.2 Å². The molecule has 2 heterocycles. The number of carbonyl (C=O) groups excluding carboxylic acids is 3. The Balaban J connectivity index is 1.75. The molecule has 2 saturated heterocycles. The fraction of sp³-hybridized carbons (Fsp3) is 0.609. The zero-order valence-electron chi connectivity index (χ0n) is 19.9. The molecule has 0 aliphatic carbocycles. The van der Waals surface area contributed by atoms with Crippen LogP contribution in [0.1, 0.15) is 32.8 Å². The minimum atomic E-state index is -1.34. The van der Waals surface area contributed by atoms with Gasteiger partial charge in [0.1, 0.15) is 11.4 Å². The summed E-state index contributed by atoms with van der Waals surface area (Å²) in [7, 11) is 0. The number of rotatable bonds is 6. The van der Waals surface area contributed by atoms with Crippen LogP contribution in [-0.4, -0.2) is 83.3 Å². The van der Waals surface area contributed by atoms with Crippen LogP contribution in [0.2, 0.25) is 0 Å². The van der Waals surface area contributed by atoms with E-state index in [0.29, 0.717) is 50.7 Å². The molecule has 12 heteroatoms. The van der Waals surface area contributed by atoms with Gasteiger partial charge in [-0.05, 0) is 38.8 Å². The Bertz CT molecular complexity index is 953. The van der Waals surface area contributed by atoms with E-state index >= 15 is 0 Å². The van der Waals surface area contributed by atoms with E-state index in [2.05, 4.69) is 5.32 Å². The van der Waals surface area contributed by atoms with Crippen molar-refractivity contribution in [1.29, 1.82) is 0 Å². The predicted molar refractivity (Wildman–Crippen MR) is 123 cm³/mol. The third kappa shape index (κ3) is 7.50. The van der Waals surface area contributed by atoms with Crippen LogP contribution in [0.3, 0.4) is 0 Å². The number of hydrogen-bond acceptors (Lipinski definition) is 6. The molecule has 2 atom stereocenters. The molecule has 1 aromatic carbocycles. The highest BCUT2D eigenvalue weighted by molar-refractivity contribution is 8.00. The number of halogens is 3. The van der Waals surface area contributed by atoms with Crippen LogP contribution in [-0.2, 0) is 25.5 Å². The Morgan fingerprint density at radius 3 is 2.43 bits per heavy atom. The number of amides is 3. The monoisotopic (exact) mass is 517 g/mol. The molecular formula is C23H30F3N3O5S. The van der Waals surface area contributed by atoms with Crippen LogP contribution in [0.5, 0.6) is 0 Å². The summed E-state index contributed by atoms with van der Waals surface area (Å²) in [5.74, 6) is -3.62. The number of nitrogens with zero attached hydrogens (tertiary/aromatic N) is 2. The lowest BCUT2D eigenvalue weighted by molar-refractivity contribution is -0.144. The molecule has 2 aliphatic rings. The van der Waals surface area contributed by atoms with Crippen molar-refractivity contribution in [3.63, 3.8) is 0 Å². The maximum atomic E-state index is 14.3. The van der Waals surface area contributed by atoms with E-state index in [1.54, 1.807) is 25.7 Å². The molecule has 0 saturated carbocycles. The van der Waals surface area contributed by atoms with E-state index in [-0.39, 0.29) is 24.3 Å². The van der Waals surface area contributed by atoms with Gasteiger partial charge in [0.25, 0.3) is 5.91 Å². The van der Waals surface area contributed by atoms with Gasteiger partial charge < -0.3 is 24.6 Å². The van der Waals surface area contributed by atoms with Crippen LogP contribution in [0, 0.1) is 17.5 Å². The van der Waals surface area contributed by atoms with E-state index < -0.39 is 46.5 Å². The van der Waals surface area contributed by atoms with Crippen molar-refractivity contribution in [2.24, 2.45) is 0 Å². The number of ether oxygens (including phenoxy) is 2. The quantitative estimate of drug-likeness (QED) is 0.584. The largest absolute Gasteiger partial charge is 0.444 e. The standard InChI is InChI=1S/C23H30F3N3O5S/c1-23(2,3)34-22(32)27-15(10-14-11-17(25)18(26)13-16(14)24)12-19(30)29-6-9-35-21(29)20(31)28-4-7-33-8-5-28/h11,13,15,21H,4-10,12H2,1-3H3,(H,27,32)/t15-,21?/m1/s1. The van der Waals surface area contributed by atoms with Gasteiger partial charge in [-0.1, -0.05) is 0 Å². The van der Waals surface area contributed by atoms with Gasteiger partial charge in [0, 0.05) is 43.9 Å². The summed E-state index contributed by atoms with van der Waals surface area (Å²) in [5, 5.41) is 1.83. The van der Waals surface area contributed by atoms with Crippen molar-refractivity contribution < 1.29 is 37.0 Å². The van der Waals surface area contributed by atoms with Gasteiger partial charge in [-0.3, -0.25) is 9.59 Å². The molecule has 3 rings (SSSR count). The molecule has 1 unspecified atom stereocenters. The van der Waals surface area contributed by atoms with E-state index in [1.165, 1.54) is 16.7 Å². The Kier molecular flexibility index (Phi) is 8.92. The second kappa shape index (κ2) is 11.5. The average Bonchev–Trinajstić information content (AvgIpc) is 3.26. The van der Waals surface area contributed by atoms with Crippen molar-refractivity contribution in [2.75, 3.05) is 38.6 Å². The number of hydrogen-bond donors (Lipinski definition) is 1. The Morgan fingerprint density at radius 2 is 1.77 bits per heavy atom. The molecule has 2 aliphatic heterocycles. The third-order valence-corrected chi connectivity index (χ3v) is 6.63. The van der Waals surface area contributed by atoms with Crippen LogP contribution >= 0.6 is 11.8 Å². The second-order valence-corrected chi connectivity index (χ2v) is 10.5. The summed E-state index contributed by atoms with van der Waals surface area (Å²) in [6.45, 7) is 7.05. The van der Waals surface area contributed by atoms with Crippen LogP contribution in [0.4, 0.5) is 18.0 Å². The smallest absolute Gasteiger partial charge is 0.407 e. The maximum Gasteiger partial charge on any atom is 0.407 e. The molecule has 2 fully saturated rings. The first-order chi connectivity index (χ1) is 16.4. The molecule has 3 amide bonds. The first-order valence-electron chi connectivity index (χ1n) is 11.3. The van der Waals surface area contributed by atoms with E-state index in [1.807, 2.05) is 0 Å². The molecule has 1 N–H and O–H groups in total. The lowest BCUT2D eigenvalue weighted by Gasteiger charge is -2.32. The minimum Gasteiger partial charge on any atom is -0.444 e. The summed E-state index contributed by atoms with van der Waals surface area (Å²) in [6.07, 6.45) is -1.41. The first kappa shape index (κ1) is 27.1. The third-order valence-electron chi connectivity index (χ3n) is 5.44. The van der Waals surface area contributed by atoms with Crippen molar-refractivity contribution >= 4 is 29.7 Å². The predicted octanol–water partition coefficient (Wildman–Crippen LogP) is 2.69. The van der Waals surface area contributed by atoms with Crippen LogP contribution in [0.25, 0.3) is 0 Å². The fourth-order valence-electron chi connectivity index (χ4n) is 3.83. The summed E-state index contributed by atoms with van der Waals surface area (Å²) in [4.78, 5) is 41.7. The van der Waals surface area contributed by atoms with Gasteiger partial charge in [0.15, 0.2) is 17.0 Å². The summed E-state index contributed by atoms with van der Waals surface area (Å²) >= 11 is 1.35. The molecule has 35 heavy (non-hydrogen) atoms. The molecule has 1 aromatic rings. The highest BCUT2D eigenvalue weighted by atomic mass is 32.2. The number of thioether (sulfide) groups is 1. The van der Waals surface area contributed by atoms with Gasteiger partial charge in [0.2, 0.25) is 5.91 Å². The zero-order valence-corrected chi connectivity index (χ0v) is 20.8. The Morgan fingerprint density at radius 1 is 1.11 bits per heavy atom. The number of carbonyl (C=O) groups is 3. The summed E-state index contributed by atoms with van der Waals surface area (Å²) in [6, 6.07) is 0.141. The first-order valence-corrected chi connectivity index (χ1v) is 12.4. The fourth-order valence-corrected chi connectivity index (χ4v) is 5.05. The molecular weight excluding hydrogens is 487 g/mol. The van der Waals surface area contributed by atoms with Crippen molar-refractivity contribution in [2.45, 2.75) is 50.6 Å². The SMILES string of the molecule is CC(C)(C)OC(=O)N[C@@H](CC(=O)N1CCSC1C(=O)N1CCOCC1)Cc1cc(F)c(F)cc1F. The Labute approximate surface area is 206 Å². The minimum absolute atomic E-state index is 0.188. The molecule has 0 radical (unpaired) electrons. The van der Waals surface area contributed by atoms with Crippen LogP contribution in [0.15, 0.2) is 12.1 Å². The number of nitrogens with one attached hydrogen (secondary N) is 1. The Hall–Kier alpha value is -2.47. The normalized spacial score (nSPS) is 19.4. The topological polar surface area (TPSA) is 88.2 Å². The van der Waals surface area contributed by atoms with Crippen molar-refractivity contribution in [3.05, 3.63) is 35.1 Å². The van der Waals surface area contributed by atoms with Crippen LogP contribution < -0.4 is 5.32 Å². The van der Waals surface area contributed by atoms with Crippen molar-refractivity contribution in [1.82, 2.24) is 15.1 Å². The van der Waals surface area contributed by atoms with Crippen molar-refractivity contribution in [3.8, 4) is 0 Å².